The Balaban J connectivity index is 1.34. The van der Waals surface area contributed by atoms with Gasteiger partial charge in [-0.2, -0.15) is 0 Å². The number of fused-ring (bicyclic) bond motifs is 6. The third-order valence-corrected chi connectivity index (χ3v) is 11.1. The first-order valence-corrected chi connectivity index (χ1v) is 17.1. The van der Waals surface area contributed by atoms with Crippen molar-refractivity contribution in [2.24, 2.45) is 0 Å². The lowest BCUT2D eigenvalue weighted by Crippen LogP contribution is -2.15. The molecule has 1 aliphatic carbocycles. The number of benzene rings is 7. The lowest BCUT2D eigenvalue weighted by atomic mass is 9.82. The molecular weight excluding hydrogens is 587 g/mol. The van der Waals surface area contributed by atoms with Gasteiger partial charge in [0.25, 0.3) is 0 Å². The maximum absolute atomic E-state index is 2.50. The quantitative estimate of drug-likeness (QED) is 0.185. The Morgan fingerprint density at radius 1 is 0.468 bits per heavy atom. The Morgan fingerprint density at radius 2 is 1.09 bits per heavy atom. The van der Waals surface area contributed by atoms with Crippen LogP contribution >= 0.6 is 11.3 Å². The number of nitrogens with zero attached hydrogens (tertiary/aromatic N) is 1. The largest absolute Gasteiger partial charge is 0.308 e. The first kappa shape index (κ1) is 27.8. The van der Waals surface area contributed by atoms with Crippen molar-refractivity contribution < 1.29 is 0 Å². The van der Waals surface area contributed by atoms with Crippen LogP contribution in [0.4, 0.5) is 17.1 Å². The van der Waals surface area contributed by atoms with Crippen LogP contribution in [0.25, 0.3) is 53.6 Å². The number of anilines is 3. The number of para-hydroxylation sites is 1. The van der Waals surface area contributed by atoms with Gasteiger partial charge in [0.15, 0.2) is 0 Å². The van der Waals surface area contributed by atoms with Crippen LogP contribution in [0.2, 0.25) is 0 Å². The van der Waals surface area contributed by atoms with Gasteiger partial charge >= 0.3 is 0 Å². The number of hydrogen-bond acceptors (Lipinski definition) is 2. The van der Waals surface area contributed by atoms with Gasteiger partial charge < -0.3 is 4.90 Å². The fourth-order valence-electron chi connectivity index (χ4n) is 7.64. The molecule has 0 N–H and O–H groups in total. The molecule has 0 radical (unpaired) electrons. The van der Waals surface area contributed by atoms with Crippen molar-refractivity contribution in [2.45, 2.75) is 19.3 Å². The number of rotatable bonds is 5. The van der Waals surface area contributed by atoms with Crippen molar-refractivity contribution in [3.8, 4) is 33.4 Å². The Hall–Kier alpha value is -5.44. The lowest BCUT2D eigenvalue weighted by Gasteiger charge is -2.29. The first-order chi connectivity index (χ1) is 23.1. The minimum absolute atomic E-state index is 0.105. The molecule has 0 amide bonds. The Kier molecular flexibility index (Phi) is 6.41. The topological polar surface area (TPSA) is 3.24 Å². The zero-order valence-corrected chi connectivity index (χ0v) is 27.3. The molecule has 8 aromatic rings. The van der Waals surface area contributed by atoms with E-state index >= 15 is 0 Å². The molecule has 1 aromatic heterocycles. The summed E-state index contributed by atoms with van der Waals surface area (Å²) in [5.41, 5.74) is 13.8. The molecule has 0 saturated heterocycles. The molecule has 7 aromatic carbocycles. The molecule has 1 heterocycles. The summed E-state index contributed by atoms with van der Waals surface area (Å²) in [6.45, 7) is 4.74. The smallest absolute Gasteiger partial charge is 0.0640 e. The van der Waals surface area contributed by atoms with E-state index in [9.17, 15) is 0 Å². The van der Waals surface area contributed by atoms with E-state index < -0.39 is 0 Å². The summed E-state index contributed by atoms with van der Waals surface area (Å²) in [5.74, 6) is 0. The Labute approximate surface area is 280 Å². The van der Waals surface area contributed by atoms with Crippen molar-refractivity contribution >= 4 is 48.6 Å². The molecule has 0 aliphatic heterocycles. The van der Waals surface area contributed by atoms with Gasteiger partial charge in [-0.15, -0.1) is 11.3 Å². The van der Waals surface area contributed by atoms with E-state index in [1.807, 2.05) is 11.3 Å². The van der Waals surface area contributed by atoms with Crippen LogP contribution in [0, 0.1) is 0 Å². The second kappa shape index (κ2) is 10.8. The van der Waals surface area contributed by atoms with Crippen LogP contribution in [-0.2, 0) is 5.41 Å². The highest BCUT2D eigenvalue weighted by Gasteiger charge is 2.37. The van der Waals surface area contributed by atoms with Crippen LogP contribution in [-0.4, -0.2) is 0 Å². The van der Waals surface area contributed by atoms with E-state index in [1.165, 1.54) is 70.4 Å². The minimum atomic E-state index is -0.105. The zero-order valence-electron chi connectivity index (χ0n) is 26.4. The fraction of sp³-hybridized carbons (Fsp3) is 0.0667. The molecule has 47 heavy (non-hydrogen) atoms. The highest BCUT2D eigenvalue weighted by molar-refractivity contribution is 7.26. The third-order valence-electron chi connectivity index (χ3n) is 9.88. The predicted octanol–water partition coefficient (Wildman–Crippen LogP) is 13.2. The highest BCUT2D eigenvalue weighted by atomic mass is 32.1. The summed E-state index contributed by atoms with van der Waals surface area (Å²) in [5, 5.41) is 2.60. The van der Waals surface area contributed by atoms with E-state index in [1.54, 1.807) is 0 Å². The maximum Gasteiger partial charge on any atom is 0.0640 e. The molecule has 0 atom stereocenters. The van der Waals surface area contributed by atoms with Crippen molar-refractivity contribution in [1.82, 2.24) is 0 Å². The minimum Gasteiger partial charge on any atom is -0.308 e. The van der Waals surface area contributed by atoms with E-state index in [0.29, 0.717) is 0 Å². The molecule has 0 saturated carbocycles. The van der Waals surface area contributed by atoms with Gasteiger partial charge in [-0.05, 0) is 69.3 Å². The van der Waals surface area contributed by atoms with Crippen molar-refractivity contribution in [2.75, 3.05) is 4.90 Å². The number of hydrogen-bond donors (Lipinski definition) is 0. The Morgan fingerprint density at radius 3 is 1.89 bits per heavy atom. The molecule has 2 heteroatoms. The van der Waals surface area contributed by atoms with E-state index in [4.69, 9.17) is 0 Å². The van der Waals surface area contributed by atoms with Crippen LogP contribution < -0.4 is 4.90 Å². The molecular formula is C45H33NS. The monoisotopic (exact) mass is 619 g/mol. The molecule has 1 aliphatic rings. The average Bonchev–Trinajstić information content (AvgIpc) is 3.62. The summed E-state index contributed by atoms with van der Waals surface area (Å²) in [4.78, 5) is 2.50. The number of thiophene rings is 1. The van der Waals surface area contributed by atoms with Gasteiger partial charge in [-0.1, -0.05) is 147 Å². The van der Waals surface area contributed by atoms with Gasteiger partial charge in [0.2, 0.25) is 0 Å². The summed E-state index contributed by atoms with van der Waals surface area (Å²) in [7, 11) is 0. The summed E-state index contributed by atoms with van der Waals surface area (Å²) in [6.07, 6.45) is 0. The van der Waals surface area contributed by atoms with Gasteiger partial charge in [0.05, 0.1) is 16.1 Å². The van der Waals surface area contributed by atoms with Crippen molar-refractivity contribution in [3.05, 3.63) is 175 Å². The molecule has 0 bridgehead atoms. The third kappa shape index (κ3) is 4.36. The zero-order chi connectivity index (χ0) is 31.5. The molecule has 1 nitrogen and oxygen atoms in total. The second-order valence-corrected chi connectivity index (χ2v) is 14.0. The Bertz CT molecular complexity index is 2440. The second-order valence-electron chi connectivity index (χ2n) is 12.9. The SMILES string of the molecule is CC1(C)c2ccc(N(c3ccccc3-c3ccccc3)c3cccc4c3sc3ccccc34)cc2-c2c(-c3ccccc3)cccc21. The van der Waals surface area contributed by atoms with Crippen molar-refractivity contribution in [1.29, 1.82) is 0 Å². The normalized spacial score (nSPS) is 13.1. The summed E-state index contributed by atoms with van der Waals surface area (Å²) < 4.78 is 2.60. The van der Waals surface area contributed by atoms with Crippen LogP contribution in [0.1, 0.15) is 25.0 Å². The highest BCUT2D eigenvalue weighted by Crippen LogP contribution is 2.54. The van der Waals surface area contributed by atoms with Gasteiger partial charge in [0.1, 0.15) is 0 Å². The van der Waals surface area contributed by atoms with E-state index in [2.05, 4.69) is 183 Å². The van der Waals surface area contributed by atoms with Crippen LogP contribution in [0.3, 0.4) is 0 Å². The van der Waals surface area contributed by atoms with Crippen LogP contribution in [0.5, 0.6) is 0 Å². The van der Waals surface area contributed by atoms with E-state index in [0.717, 1.165) is 11.4 Å². The standard InChI is InChI=1S/C45H33NS/c1-45(2)38-28-27-32(29-37(38)43-34(21-13-23-39(43)45)31-17-7-4-8-18-31)46(40-24-11-9-19-33(40)30-15-5-3-6-16-30)41-25-14-22-36-35-20-10-12-26-42(35)47-44(36)41/h3-29H,1-2H3. The summed E-state index contributed by atoms with van der Waals surface area (Å²) >= 11 is 1.88. The average molecular weight is 620 g/mol. The molecule has 0 fully saturated rings. The predicted molar refractivity (Wildman–Crippen MR) is 202 cm³/mol. The lowest BCUT2D eigenvalue weighted by molar-refractivity contribution is 0.660. The first-order valence-electron chi connectivity index (χ1n) is 16.3. The van der Waals surface area contributed by atoms with Gasteiger partial charge in [0, 0.05) is 32.1 Å². The molecule has 224 valence electrons. The van der Waals surface area contributed by atoms with Gasteiger partial charge in [-0.3, -0.25) is 0 Å². The molecule has 0 spiro atoms. The van der Waals surface area contributed by atoms with Crippen molar-refractivity contribution in [3.63, 3.8) is 0 Å². The maximum atomic E-state index is 2.50. The van der Waals surface area contributed by atoms with Gasteiger partial charge in [-0.25, -0.2) is 0 Å². The molecule has 0 unspecified atom stereocenters. The van der Waals surface area contributed by atoms with E-state index in [-0.39, 0.29) is 5.41 Å². The molecule has 9 rings (SSSR count). The summed E-state index contributed by atoms with van der Waals surface area (Å²) in [6, 6.07) is 60.0. The van der Waals surface area contributed by atoms with Crippen LogP contribution in [0.15, 0.2) is 164 Å². The fourth-order valence-corrected chi connectivity index (χ4v) is 8.84.